The monoisotopic (exact) mass is 351 g/mol. The number of hydrogen-bond donors (Lipinski definition) is 1. The van der Waals surface area contributed by atoms with Crippen LogP contribution in [0.25, 0.3) is 22.4 Å². The van der Waals surface area contributed by atoms with E-state index in [-0.39, 0.29) is 18.8 Å². The van der Waals surface area contributed by atoms with Gasteiger partial charge in [-0.2, -0.15) is 0 Å². The Bertz CT molecular complexity index is 867. The Morgan fingerprint density at radius 1 is 1.04 bits per heavy atom. The van der Waals surface area contributed by atoms with Crippen molar-refractivity contribution in [2.24, 2.45) is 0 Å². The molecule has 5 nitrogen and oxygen atoms in total. The number of benzene rings is 2. The van der Waals surface area contributed by atoms with E-state index in [9.17, 15) is 5.11 Å². The lowest BCUT2D eigenvalue weighted by molar-refractivity contribution is 0.0511. The first-order valence-corrected chi connectivity index (χ1v) is 8.66. The summed E-state index contributed by atoms with van der Waals surface area (Å²) in [5, 5.41) is 14.2. The van der Waals surface area contributed by atoms with Crippen LogP contribution in [0.2, 0.25) is 0 Å². The van der Waals surface area contributed by atoms with Gasteiger partial charge in [0.15, 0.2) is 12.6 Å². The Kier molecular flexibility index (Phi) is 4.49. The van der Waals surface area contributed by atoms with E-state index in [4.69, 9.17) is 14.0 Å². The van der Waals surface area contributed by atoms with E-state index in [1.165, 1.54) is 0 Å². The number of aromatic nitrogens is 1. The number of aliphatic hydroxyl groups excluding tert-OH is 1. The molecule has 0 aliphatic heterocycles. The molecule has 2 aromatic carbocycles. The van der Waals surface area contributed by atoms with Crippen molar-refractivity contribution in [3.8, 4) is 28.1 Å². The van der Waals surface area contributed by atoms with Crippen LogP contribution in [-0.4, -0.2) is 30.8 Å². The molecule has 1 heterocycles. The van der Waals surface area contributed by atoms with Crippen LogP contribution < -0.4 is 4.74 Å². The van der Waals surface area contributed by atoms with Gasteiger partial charge in [-0.25, -0.2) is 0 Å². The van der Waals surface area contributed by atoms with Crippen LogP contribution >= 0.6 is 0 Å². The van der Waals surface area contributed by atoms with Gasteiger partial charge in [0.25, 0.3) is 0 Å². The molecule has 0 bridgehead atoms. The molecule has 5 heteroatoms. The highest BCUT2D eigenvalue weighted by molar-refractivity contribution is 5.83. The van der Waals surface area contributed by atoms with Crippen LogP contribution in [0.5, 0.6) is 5.75 Å². The molecule has 1 aliphatic rings. The molecule has 0 unspecified atom stereocenters. The summed E-state index contributed by atoms with van der Waals surface area (Å²) in [5.74, 6) is 1.51. The first-order chi connectivity index (χ1) is 12.8. The summed E-state index contributed by atoms with van der Waals surface area (Å²) < 4.78 is 16.1. The van der Waals surface area contributed by atoms with Crippen molar-refractivity contribution in [3.05, 3.63) is 60.4 Å². The number of rotatable bonds is 7. The average Bonchev–Trinajstić information content (AvgIpc) is 3.38. The van der Waals surface area contributed by atoms with Gasteiger partial charge in [0.05, 0.1) is 17.6 Å². The molecule has 0 amide bonds. The number of hydrogen-bond acceptors (Lipinski definition) is 5. The van der Waals surface area contributed by atoms with Crippen LogP contribution in [-0.2, 0) is 10.2 Å². The molecular formula is C21H21NO4. The van der Waals surface area contributed by atoms with E-state index in [1.54, 1.807) is 7.11 Å². The number of aliphatic hydroxyl groups is 1. The first-order valence-electron chi connectivity index (χ1n) is 8.66. The van der Waals surface area contributed by atoms with Gasteiger partial charge in [-0.1, -0.05) is 35.5 Å². The van der Waals surface area contributed by atoms with Gasteiger partial charge >= 0.3 is 0 Å². The summed E-state index contributed by atoms with van der Waals surface area (Å²) in [4.78, 5) is 0. The van der Waals surface area contributed by atoms with Gasteiger partial charge in [0, 0.05) is 12.7 Å². The molecule has 0 spiro atoms. The lowest BCUT2D eigenvalue weighted by Crippen LogP contribution is -2.12. The average molecular weight is 351 g/mol. The molecule has 1 N–H and O–H groups in total. The molecule has 134 valence electrons. The van der Waals surface area contributed by atoms with Gasteiger partial charge in [-0.15, -0.1) is 0 Å². The van der Waals surface area contributed by atoms with Crippen LogP contribution in [0, 0.1) is 0 Å². The molecule has 0 atom stereocenters. The predicted octanol–water partition coefficient (Wildman–Crippen LogP) is 4.02. The third-order valence-corrected chi connectivity index (χ3v) is 4.86. The summed E-state index contributed by atoms with van der Waals surface area (Å²) in [7, 11) is 1.59. The van der Waals surface area contributed by atoms with E-state index in [0.717, 1.165) is 46.7 Å². The topological polar surface area (TPSA) is 64.7 Å². The molecule has 1 aromatic heterocycles. The zero-order chi connectivity index (χ0) is 18.0. The molecule has 26 heavy (non-hydrogen) atoms. The fraction of sp³-hybridized carbons (Fsp3) is 0.286. The summed E-state index contributed by atoms with van der Waals surface area (Å²) in [5.41, 5.74) is 3.43. The van der Waals surface area contributed by atoms with Crippen molar-refractivity contribution < 1.29 is 19.1 Å². The minimum atomic E-state index is -0.294. The normalized spacial score (nSPS) is 15.0. The van der Waals surface area contributed by atoms with Crippen LogP contribution in [0.1, 0.15) is 18.6 Å². The second-order valence-electron chi connectivity index (χ2n) is 6.62. The number of methoxy groups -OCH3 is 1. The lowest BCUT2D eigenvalue weighted by atomic mass is 9.92. The highest BCUT2D eigenvalue weighted by atomic mass is 16.7. The van der Waals surface area contributed by atoms with Gasteiger partial charge in [-0.3, -0.25) is 0 Å². The summed E-state index contributed by atoms with van der Waals surface area (Å²) in [6.45, 7) is 0.285. The summed E-state index contributed by atoms with van der Waals surface area (Å²) in [6.07, 6.45) is 1.84. The maximum atomic E-state index is 9.86. The fourth-order valence-corrected chi connectivity index (χ4v) is 3.17. The molecule has 1 saturated carbocycles. The molecule has 1 aliphatic carbocycles. The van der Waals surface area contributed by atoms with Crippen molar-refractivity contribution in [2.75, 3.05) is 20.5 Å². The Morgan fingerprint density at radius 2 is 1.77 bits per heavy atom. The Labute approximate surface area is 152 Å². The third-order valence-electron chi connectivity index (χ3n) is 4.86. The third kappa shape index (κ3) is 3.00. The van der Waals surface area contributed by atoms with E-state index in [2.05, 4.69) is 5.16 Å². The van der Waals surface area contributed by atoms with Crippen molar-refractivity contribution in [3.63, 3.8) is 0 Å². The highest BCUT2D eigenvalue weighted by Gasteiger charge is 2.49. The van der Waals surface area contributed by atoms with E-state index < -0.39 is 0 Å². The largest absolute Gasteiger partial charge is 0.468 e. The van der Waals surface area contributed by atoms with Crippen molar-refractivity contribution in [2.45, 2.75) is 18.3 Å². The summed E-state index contributed by atoms with van der Waals surface area (Å²) >= 11 is 0. The van der Waals surface area contributed by atoms with Crippen molar-refractivity contribution in [1.82, 2.24) is 5.16 Å². The van der Waals surface area contributed by atoms with E-state index in [0.29, 0.717) is 0 Å². The maximum absolute atomic E-state index is 9.86. The van der Waals surface area contributed by atoms with Crippen LogP contribution in [0.4, 0.5) is 0 Å². The quantitative estimate of drug-likeness (QED) is 0.652. The van der Waals surface area contributed by atoms with Gasteiger partial charge in [-0.05, 0) is 42.7 Å². The lowest BCUT2D eigenvalue weighted by Gasteiger charge is -2.11. The minimum absolute atomic E-state index is 0.0747. The molecule has 1 fully saturated rings. The first kappa shape index (κ1) is 16.8. The Morgan fingerprint density at radius 3 is 2.38 bits per heavy atom. The van der Waals surface area contributed by atoms with Crippen LogP contribution in [0.15, 0.2) is 59.1 Å². The van der Waals surface area contributed by atoms with Gasteiger partial charge < -0.3 is 19.1 Å². The Balaban J connectivity index is 1.77. The second-order valence-corrected chi connectivity index (χ2v) is 6.62. The van der Waals surface area contributed by atoms with Gasteiger partial charge in [0.1, 0.15) is 11.4 Å². The predicted molar refractivity (Wildman–Crippen MR) is 97.9 cm³/mol. The van der Waals surface area contributed by atoms with Crippen molar-refractivity contribution in [1.29, 1.82) is 0 Å². The zero-order valence-corrected chi connectivity index (χ0v) is 14.6. The molecular weight excluding hydrogens is 330 g/mol. The molecule has 0 radical (unpaired) electrons. The standard InChI is InChI=1S/C21H21NO4/c1-24-14-25-17-9-7-16(8-10-17)19-18(15-5-3-2-4-6-15)20(26-22-19)21(13-23)11-12-21/h2-10,23H,11-14H2,1H3. The fourth-order valence-electron chi connectivity index (χ4n) is 3.17. The molecule has 0 saturated heterocycles. The van der Waals surface area contributed by atoms with E-state index in [1.807, 2.05) is 54.6 Å². The smallest absolute Gasteiger partial charge is 0.188 e. The molecule has 3 aromatic rings. The number of ether oxygens (including phenoxy) is 2. The van der Waals surface area contributed by atoms with E-state index >= 15 is 0 Å². The minimum Gasteiger partial charge on any atom is -0.468 e. The molecule has 4 rings (SSSR count). The Hall–Kier alpha value is -2.63. The van der Waals surface area contributed by atoms with Crippen LogP contribution in [0.3, 0.4) is 0 Å². The maximum Gasteiger partial charge on any atom is 0.188 e. The van der Waals surface area contributed by atoms with Gasteiger partial charge in [0.2, 0.25) is 0 Å². The summed E-state index contributed by atoms with van der Waals surface area (Å²) in [6, 6.07) is 17.7. The highest BCUT2D eigenvalue weighted by Crippen LogP contribution is 2.52. The number of nitrogens with zero attached hydrogens (tertiary/aromatic N) is 1. The zero-order valence-electron chi connectivity index (χ0n) is 14.6. The second kappa shape index (κ2) is 6.94. The SMILES string of the molecule is COCOc1ccc(-c2noc(C3(CO)CC3)c2-c2ccccc2)cc1. The van der Waals surface area contributed by atoms with Crippen molar-refractivity contribution >= 4 is 0 Å².